The van der Waals surface area contributed by atoms with Crippen LogP contribution in [0.15, 0.2) is 84.0 Å². The van der Waals surface area contributed by atoms with Crippen LogP contribution in [0.4, 0.5) is 0 Å². The number of hydrogen-bond acceptors (Lipinski definition) is 8. The van der Waals surface area contributed by atoms with Crippen LogP contribution in [-0.2, 0) is 0 Å². The molecule has 11 heteroatoms. The van der Waals surface area contributed by atoms with E-state index in [0.717, 1.165) is 22.0 Å². The van der Waals surface area contributed by atoms with Crippen molar-refractivity contribution in [3.05, 3.63) is 101 Å². The fraction of sp³-hybridized carbons (Fsp3) is 0.147. The summed E-state index contributed by atoms with van der Waals surface area (Å²) in [7, 11) is 4.39. The first-order chi connectivity index (χ1) is 21.9. The number of fused-ring (bicyclic) bond motifs is 1. The highest BCUT2D eigenvalue weighted by Crippen LogP contribution is 2.39. The summed E-state index contributed by atoms with van der Waals surface area (Å²) in [6.07, 6.45) is 1.47. The van der Waals surface area contributed by atoms with Gasteiger partial charge in [0, 0.05) is 21.5 Å². The second-order valence-electron chi connectivity index (χ2n) is 9.57. The number of amides is 1. The van der Waals surface area contributed by atoms with Gasteiger partial charge in [0.25, 0.3) is 5.91 Å². The van der Waals surface area contributed by atoms with Gasteiger partial charge in [0.2, 0.25) is 5.75 Å². The lowest BCUT2D eigenvalue weighted by Gasteiger charge is -2.15. The van der Waals surface area contributed by atoms with Crippen molar-refractivity contribution in [3.63, 3.8) is 0 Å². The van der Waals surface area contributed by atoms with E-state index in [0.29, 0.717) is 45.9 Å². The zero-order valence-electron chi connectivity index (χ0n) is 25.0. The number of esters is 1. The van der Waals surface area contributed by atoms with Crippen LogP contribution in [0, 0.1) is 0 Å². The number of carbonyl (C=O) groups is 2. The molecule has 5 rings (SSSR count). The lowest BCUT2D eigenvalue weighted by Crippen LogP contribution is -2.18. The van der Waals surface area contributed by atoms with Crippen LogP contribution in [0.25, 0.3) is 22.0 Å². The summed E-state index contributed by atoms with van der Waals surface area (Å²) in [6, 6.07) is 22.9. The van der Waals surface area contributed by atoms with Gasteiger partial charge in [-0.25, -0.2) is 10.2 Å². The summed E-state index contributed by atoms with van der Waals surface area (Å²) in [5.41, 5.74) is 6.07. The maximum absolute atomic E-state index is 13.3. The minimum absolute atomic E-state index is 0.189. The first-order valence-electron chi connectivity index (χ1n) is 13.9. The number of carbonyl (C=O) groups excluding carboxylic acids is 2. The van der Waals surface area contributed by atoms with Crippen molar-refractivity contribution in [3.8, 4) is 39.9 Å². The van der Waals surface area contributed by atoms with Gasteiger partial charge in [-0.2, -0.15) is 5.10 Å². The Balaban J connectivity index is 1.36. The standard InChI is InChI=1S/C34H30ClN3O7/c1-5-44-27-15-20(11-14-26(27)45-34(40)22-16-28(41-2)32(43-4)29(17-22)42-3)19-36-38-33(39)31-30(21-9-7-6-8-10-21)24-18-23(35)12-13-25(24)37-31/h6-19,37H,5H2,1-4H3,(H,38,39). The van der Waals surface area contributed by atoms with E-state index in [-0.39, 0.29) is 11.3 Å². The van der Waals surface area contributed by atoms with Gasteiger partial charge in [-0.15, -0.1) is 0 Å². The fourth-order valence-corrected chi connectivity index (χ4v) is 4.95. The zero-order chi connectivity index (χ0) is 31.9. The highest BCUT2D eigenvalue weighted by Gasteiger charge is 2.21. The first-order valence-corrected chi connectivity index (χ1v) is 14.2. The van der Waals surface area contributed by atoms with E-state index in [9.17, 15) is 9.59 Å². The molecule has 0 aliphatic rings. The van der Waals surface area contributed by atoms with E-state index in [1.807, 2.05) is 49.4 Å². The van der Waals surface area contributed by atoms with Gasteiger partial charge >= 0.3 is 5.97 Å². The third-order valence-corrected chi connectivity index (χ3v) is 7.04. The summed E-state index contributed by atoms with van der Waals surface area (Å²) in [4.78, 5) is 29.6. The van der Waals surface area contributed by atoms with Gasteiger partial charge < -0.3 is 28.7 Å². The number of methoxy groups -OCH3 is 3. The molecule has 4 aromatic carbocycles. The SMILES string of the molecule is CCOc1cc(C=NNC(=O)c2[nH]c3ccc(Cl)cc3c2-c2ccccc2)ccc1OC(=O)c1cc(OC)c(OC)c(OC)c1. The molecule has 0 spiro atoms. The van der Waals surface area contributed by atoms with Gasteiger partial charge in [-0.05, 0) is 66.6 Å². The third kappa shape index (κ3) is 6.71. The molecule has 0 aliphatic heterocycles. The second-order valence-corrected chi connectivity index (χ2v) is 10.0. The fourth-order valence-electron chi connectivity index (χ4n) is 4.78. The first kappa shape index (κ1) is 31.0. The zero-order valence-corrected chi connectivity index (χ0v) is 25.7. The maximum Gasteiger partial charge on any atom is 0.343 e. The predicted octanol–water partition coefficient (Wildman–Crippen LogP) is 6.90. The molecule has 5 aromatic rings. The summed E-state index contributed by atoms with van der Waals surface area (Å²) in [5.74, 6) is 0.404. The van der Waals surface area contributed by atoms with Gasteiger partial charge in [0.1, 0.15) is 5.69 Å². The third-order valence-electron chi connectivity index (χ3n) is 6.80. The number of hydrazone groups is 1. The molecule has 0 fully saturated rings. The molecule has 0 saturated heterocycles. The Labute approximate surface area is 264 Å². The molecule has 0 unspecified atom stereocenters. The van der Waals surface area contributed by atoms with E-state index in [1.54, 1.807) is 24.3 Å². The highest BCUT2D eigenvalue weighted by atomic mass is 35.5. The predicted molar refractivity (Wildman–Crippen MR) is 172 cm³/mol. The Bertz CT molecular complexity index is 1860. The summed E-state index contributed by atoms with van der Waals surface area (Å²) >= 11 is 6.27. The molecule has 0 bridgehead atoms. The minimum atomic E-state index is -0.655. The maximum atomic E-state index is 13.3. The number of hydrogen-bond donors (Lipinski definition) is 2. The number of rotatable bonds is 11. The summed E-state index contributed by atoms with van der Waals surface area (Å²) < 4.78 is 27.4. The molecule has 10 nitrogen and oxygen atoms in total. The second kappa shape index (κ2) is 13.9. The highest BCUT2D eigenvalue weighted by molar-refractivity contribution is 6.31. The Morgan fingerprint density at radius 1 is 0.867 bits per heavy atom. The van der Waals surface area contributed by atoms with Crippen molar-refractivity contribution < 1.29 is 33.3 Å². The van der Waals surface area contributed by atoms with E-state index in [4.69, 9.17) is 35.3 Å². The molecule has 45 heavy (non-hydrogen) atoms. The van der Waals surface area contributed by atoms with Crippen molar-refractivity contribution in [2.75, 3.05) is 27.9 Å². The number of nitrogens with one attached hydrogen (secondary N) is 2. The lowest BCUT2D eigenvalue weighted by atomic mass is 10.0. The topological polar surface area (TPSA) is 120 Å². The summed E-state index contributed by atoms with van der Waals surface area (Å²) in [6.45, 7) is 2.13. The van der Waals surface area contributed by atoms with Crippen LogP contribution in [0.2, 0.25) is 5.02 Å². The van der Waals surface area contributed by atoms with Crippen LogP contribution in [-0.4, -0.2) is 51.0 Å². The molecule has 230 valence electrons. The number of H-pyrrole nitrogens is 1. The molecule has 0 radical (unpaired) electrons. The van der Waals surface area contributed by atoms with Crippen LogP contribution in [0.3, 0.4) is 0 Å². The van der Waals surface area contributed by atoms with Crippen LogP contribution >= 0.6 is 11.6 Å². The molecular weight excluding hydrogens is 598 g/mol. The lowest BCUT2D eigenvalue weighted by molar-refractivity contribution is 0.0727. The van der Waals surface area contributed by atoms with Crippen molar-refractivity contribution in [1.29, 1.82) is 0 Å². The largest absolute Gasteiger partial charge is 0.493 e. The van der Waals surface area contributed by atoms with E-state index in [2.05, 4.69) is 15.5 Å². The van der Waals surface area contributed by atoms with E-state index in [1.165, 1.54) is 39.7 Å². The number of aromatic amines is 1. The van der Waals surface area contributed by atoms with Gasteiger partial charge in [-0.1, -0.05) is 41.9 Å². The van der Waals surface area contributed by atoms with Crippen LogP contribution in [0.1, 0.15) is 33.3 Å². The molecule has 0 saturated carbocycles. The monoisotopic (exact) mass is 627 g/mol. The molecule has 2 N–H and O–H groups in total. The van der Waals surface area contributed by atoms with E-state index >= 15 is 0 Å². The molecule has 0 atom stereocenters. The number of ether oxygens (including phenoxy) is 5. The van der Waals surface area contributed by atoms with Crippen LogP contribution < -0.4 is 29.1 Å². The average Bonchev–Trinajstić information content (AvgIpc) is 3.44. The normalized spacial score (nSPS) is 11.0. The number of benzene rings is 4. The molecular formula is C34H30ClN3O7. The van der Waals surface area contributed by atoms with Crippen molar-refractivity contribution in [2.45, 2.75) is 6.92 Å². The number of aromatic nitrogens is 1. The smallest absolute Gasteiger partial charge is 0.343 e. The van der Waals surface area contributed by atoms with Gasteiger partial charge in [0.05, 0.1) is 39.7 Å². The quantitative estimate of drug-likeness (QED) is 0.0707. The Morgan fingerprint density at radius 3 is 2.27 bits per heavy atom. The van der Waals surface area contributed by atoms with Crippen LogP contribution in [0.5, 0.6) is 28.7 Å². The van der Waals surface area contributed by atoms with E-state index < -0.39 is 11.9 Å². The minimum Gasteiger partial charge on any atom is -0.493 e. The molecule has 0 aliphatic carbocycles. The molecule has 1 heterocycles. The van der Waals surface area contributed by atoms with Crippen molar-refractivity contribution in [2.24, 2.45) is 5.10 Å². The van der Waals surface area contributed by atoms with Gasteiger partial charge in [0.15, 0.2) is 23.0 Å². The molecule has 1 aromatic heterocycles. The molecule has 1 amide bonds. The van der Waals surface area contributed by atoms with Crippen molar-refractivity contribution >= 4 is 40.6 Å². The number of nitrogens with zero attached hydrogens (tertiary/aromatic N) is 1. The average molecular weight is 628 g/mol. The van der Waals surface area contributed by atoms with Gasteiger partial charge in [-0.3, -0.25) is 4.79 Å². The Kier molecular flexibility index (Phi) is 9.54. The summed E-state index contributed by atoms with van der Waals surface area (Å²) in [5, 5.41) is 5.54. The Morgan fingerprint density at radius 2 is 1.60 bits per heavy atom. The van der Waals surface area contributed by atoms with Crippen molar-refractivity contribution in [1.82, 2.24) is 10.4 Å². The number of halogens is 1. The Hall–Kier alpha value is -5.48.